The Morgan fingerprint density at radius 1 is 1.39 bits per heavy atom. The normalized spacial score (nSPS) is 21.5. The summed E-state index contributed by atoms with van der Waals surface area (Å²) in [5, 5.41) is 0. The van der Waals surface area contributed by atoms with Gasteiger partial charge in [-0.3, -0.25) is 4.79 Å². The van der Waals surface area contributed by atoms with E-state index in [-0.39, 0.29) is 34.3 Å². The van der Waals surface area contributed by atoms with Gasteiger partial charge in [-0.05, 0) is 47.9 Å². The van der Waals surface area contributed by atoms with Crippen LogP contribution < -0.4 is 0 Å². The summed E-state index contributed by atoms with van der Waals surface area (Å²) in [5.41, 5.74) is 4.03. The molecule has 0 amide bonds. The zero-order valence-corrected chi connectivity index (χ0v) is 15.5. The first kappa shape index (κ1) is 18.1. The van der Waals surface area contributed by atoms with Gasteiger partial charge in [0, 0.05) is 0 Å². The van der Waals surface area contributed by atoms with Crippen molar-refractivity contribution in [1.29, 1.82) is 0 Å². The van der Waals surface area contributed by atoms with Crippen LogP contribution in [0.1, 0.15) is 37.5 Å². The summed E-state index contributed by atoms with van der Waals surface area (Å²) < 4.78 is 5.73. The molecule has 0 radical (unpaired) electrons. The second-order valence-electron chi connectivity index (χ2n) is 6.76. The van der Waals surface area contributed by atoms with E-state index in [9.17, 15) is 4.79 Å². The monoisotopic (exact) mass is 352 g/mol. The number of hydrogen-bond acceptors (Lipinski definition) is 2. The maximum Gasteiger partial charge on any atom is 0.310 e. The third-order valence-electron chi connectivity index (χ3n) is 4.75. The van der Waals surface area contributed by atoms with E-state index < -0.39 is 0 Å². The van der Waals surface area contributed by atoms with Gasteiger partial charge in [0.1, 0.15) is 11.1 Å². The van der Waals surface area contributed by atoms with Crippen molar-refractivity contribution in [1.82, 2.24) is 0 Å². The average Bonchev–Trinajstić information content (AvgIpc) is 2.97. The van der Waals surface area contributed by atoms with Crippen LogP contribution in [-0.2, 0) is 16.1 Å². The highest BCUT2D eigenvalue weighted by molar-refractivity contribution is 6.55. The van der Waals surface area contributed by atoms with Crippen LogP contribution in [0.25, 0.3) is 5.57 Å². The van der Waals surface area contributed by atoms with Crippen molar-refractivity contribution in [3.05, 3.63) is 52.0 Å². The van der Waals surface area contributed by atoms with Gasteiger partial charge in [0.05, 0.1) is 5.92 Å². The van der Waals surface area contributed by atoms with Gasteiger partial charge in [-0.25, -0.2) is 0 Å². The van der Waals surface area contributed by atoms with Crippen LogP contribution in [0, 0.1) is 24.2 Å². The molecule has 2 nitrogen and oxygen atoms in total. The minimum Gasteiger partial charge on any atom is -0.461 e. The molecular weight excluding hydrogens is 331 g/mol. The molecule has 1 fully saturated rings. The quantitative estimate of drug-likeness (QED) is 0.638. The minimum absolute atomic E-state index is 0.0304. The average molecular weight is 353 g/mol. The number of halogens is 2. The lowest BCUT2D eigenvalue weighted by atomic mass is 9.98. The molecule has 0 heterocycles. The van der Waals surface area contributed by atoms with Gasteiger partial charge in [0.15, 0.2) is 0 Å². The number of allylic oxidation sites excluding steroid dienone is 2. The fraction of sp³-hybridized carbons (Fsp3) is 0.421. The molecule has 4 heteroatoms. The molecule has 23 heavy (non-hydrogen) atoms. The van der Waals surface area contributed by atoms with E-state index in [2.05, 4.69) is 6.58 Å². The molecule has 1 aromatic rings. The summed E-state index contributed by atoms with van der Waals surface area (Å²) in [5.74, 6) is -0.367. The van der Waals surface area contributed by atoms with Crippen molar-refractivity contribution in [3.63, 3.8) is 0 Å². The number of carbonyl (C=O) groups excluding carboxylic acids is 1. The fourth-order valence-electron chi connectivity index (χ4n) is 3.12. The Morgan fingerprint density at radius 2 is 2.04 bits per heavy atom. The molecule has 0 aromatic heterocycles. The fourth-order valence-corrected chi connectivity index (χ4v) is 3.39. The lowest BCUT2D eigenvalue weighted by Crippen LogP contribution is -2.11. The third kappa shape index (κ3) is 3.81. The molecule has 0 aliphatic heterocycles. The van der Waals surface area contributed by atoms with Gasteiger partial charge >= 0.3 is 5.97 Å². The maximum atomic E-state index is 12.4. The molecule has 0 bridgehead atoms. The smallest absolute Gasteiger partial charge is 0.310 e. The summed E-state index contributed by atoms with van der Waals surface area (Å²) >= 11 is 11.4. The van der Waals surface area contributed by atoms with Crippen LogP contribution in [0.3, 0.4) is 0 Å². The number of benzene rings is 1. The number of rotatable bonds is 5. The number of hydrogen-bond donors (Lipinski definition) is 0. The number of carbonyl (C=O) groups is 1. The SMILES string of the molecule is C=C(C)c1cccc(COC(=O)[C@@H]2[C@H](C=C(Cl)Cl)C2(C)C)c1C. The Hall–Kier alpha value is -1.25. The summed E-state index contributed by atoms with van der Waals surface area (Å²) in [6.07, 6.45) is 1.72. The maximum absolute atomic E-state index is 12.4. The Morgan fingerprint density at radius 3 is 2.61 bits per heavy atom. The molecular formula is C19H22Cl2O2. The molecule has 124 valence electrons. The van der Waals surface area contributed by atoms with Crippen LogP contribution in [-0.4, -0.2) is 5.97 Å². The van der Waals surface area contributed by atoms with Gasteiger partial charge in [-0.1, -0.05) is 67.4 Å². The van der Waals surface area contributed by atoms with Crippen LogP contribution in [0.4, 0.5) is 0 Å². The van der Waals surface area contributed by atoms with Crippen LogP contribution in [0.5, 0.6) is 0 Å². The van der Waals surface area contributed by atoms with Crippen molar-refractivity contribution < 1.29 is 9.53 Å². The van der Waals surface area contributed by atoms with E-state index in [1.807, 2.05) is 45.9 Å². The molecule has 1 aliphatic rings. The first-order valence-electron chi connectivity index (χ1n) is 7.60. The zero-order valence-electron chi connectivity index (χ0n) is 14.0. The van der Waals surface area contributed by atoms with Gasteiger partial charge in [-0.15, -0.1) is 0 Å². The molecule has 0 unspecified atom stereocenters. The Balaban J connectivity index is 2.05. The van der Waals surface area contributed by atoms with Crippen LogP contribution in [0.2, 0.25) is 0 Å². The van der Waals surface area contributed by atoms with Gasteiger partial charge in [-0.2, -0.15) is 0 Å². The Kier molecular flexibility index (Phi) is 5.27. The van der Waals surface area contributed by atoms with Gasteiger partial charge < -0.3 is 4.74 Å². The largest absolute Gasteiger partial charge is 0.461 e. The predicted octanol–water partition coefficient (Wildman–Crippen LogP) is 5.66. The van der Waals surface area contributed by atoms with Crippen molar-refractivity contribution in [2.24, 2.45) is 17.3 Å². The second-order valence-corrected chi connectivity index (χ2v) is 7.77. The molecule has 2 atom stereocenters. The third-order valence-corrected chi connectivity index (χ3v) is 5.00. The lowest BCUT2D eigenvalue weighted by Gasteiger charge is -2.12. The number of esters is 1. The molecule has 1 saturated carbocycles. The number of ether oxygens (including phenoxy) is 1. The first-order chi connectivity index (χ1) is 10.7. The van der Waals surface area contributed by atoms with E-state index in [0.29, 0.717) is 0 Å². The summed E-state index contributed by atoms with van der Waals surface area (Å²) in [4.78, 5) is 12.4. The highest BCUT2D eigenvalue weighted by Gasteiger charge is 2.61. The Bertz CT molecular complexity index is 670. The van der Waals surface area contributed by atoms with Gasteiger partial charge in [0.25, 0.3) is 0 Å². The van der Waals surface area contributed by atoms with Crippen molar-refractivity contribution in [3.8, 4) is 0 Å². The molecule has 0 saturated heterocycles. The van der Waals surface area contributed by atoms with Gasteiger partial charge in [0.2, 0.25) is 0 Å². The Labute approximate surface area is 148 Å². The van der Waals surface area contributed by atoms with Crippen molar-refractivity contribution in [2.45, 2.75) is 34.3 Å². The molecule has 0 spiro atoms. The summed E-state index contributed by atoms with van der Waals surface area (Å²) in [6.45, 7) is 12.3. The summed E-state index contributed by atoms with van der Waals surface area (Å²) in [6, 6.07) is 5.95. The zero-order chi connectivity index (χ0) is 17.4. The van der Waals surface area contributed by atoms with E-state index in [1.165, 1.54) is 0 Å². The van der Waals surface area contributed by atoms with Crippen molar-refractivity contribution in [2.75, 3.05) is 0 Å². The molecule has 1 aromatic carbocycles. The summed E-state index contributed by atoms with van der Waals surface area (Å²) in [7, 11) is 0. The van der Waals surface area contributed by atoms with E-state index >= 15 is 0 Å². The molecule has 0 N–H and O–H groups in total. The van der Waals surface area contributed by atoms with Crippen LogP contribution in [0.15, 0.2) is 35.3 Å². The highest BCUT2D eigenvalue weighted by Crippen LogP contribution is 2.60. The standard InChI is InChI=1S/C19H22Cl2O2/c1-11(2)14-8-6-7-13(12(14)3)10-23-18(22)17-15(9-16(20)21)19(17,4)5/h6-9,15,17H,1,10H2,2-5H3/t15-,17-/m0/s1. The van der Waals surface area contributed by atoms with E-state index in [0.717, 1.165) is 22.3 Å². The lowest BCUT2D eigenvalue weighted by molar-refractivity contribution is -0.147. The first-order valence-corrected chi connectivity index (χ1v) is 8.35. The molecule has 2 rings (SSSR count). The van der Waals surface area contributed by atoms with Crippen LogP contribution >= 0.6 is 23.2 Å². The highest BCUT2D eigenvalue weighted by atomic mass is 35.5. The minimum atomic E-state index is -0.203. The second kappa shape index (κ2) is 6.70. The predicted molar refractivity (Wildman–Crippen MR) is 96.2 cm³/mol. The van der Waals surface area contributed by atoms with E-state index in [4.69, 9.17) is 27.9 Å². The van der Waals surface area contributed by atoms with Crippen molar-refractivity contribution >= 4 is 34.7 Å². The molecule has 1 aliphatic carbocycles. The van der Waals surface area contributed by atoms with E-state index in [1.54, 1.807) is 6.08 Å². The topological polar surface area (TPSA) is 26.3 Å².